The maximum atomic E-state index is 12.5. The molecule has 0 bridgehead atoms. The van der Waals surface area contributed by atoms with Crippen molar-refractivity contribution in [3.8, 4) is 0 Å². The second-order valence-corrected chi connectivity index (χ2v) is 7.48. The van der Waals surface area contributed by atoms with Crippen molar-refractivity contribution < 1.29 is 9.53 Å². The van der Waals surface area contributed by atoms with Gasteiger partial charge in [0, 0.05) is 30.4 Å². The summed E-state index contributed by atoms with van der Waals surface area (Å²) in [5.41, 5.74) is 2.31. The van der Waals surface area contributed by atoms with Crippen LogP contribution in [0.3, 0.4) is 0 Å². The number of fused-ring (bicyclic) bond motifs is 1. The molecule has 0 spiro atoms. The van der Waals surface area contributed by atoms with Crippen LogP contribution in [0.2, 0.25) is 0 Å². The van der Waals surface area contributed by atoms with E-state index >= 15 is 0 Å². The molecule has 8 heteroatoms. The number of aromatic nitrogens is 3. The van der Waals surface area contributed by atoms with E-state index in [9.17, 15) is 4.79 Å². The average Bonchev–Trinajstić information content (AvgIpc) is 3.08. The zero-order valence-electron chi connectivity index (χ0n) is 14.3. The van der Waals surface area contributed by atoms with Crippen molar-refractivity contribution in [2.24, 2.45) is 12.0 Å². The number of nitrogens with zero attached hydrogens (tertiary/aromatic N) is 4. The van der Waals surface area contributed by atoms with Crippen molar-refractivity contribution in [1.29, 1.82) is 0 Å². The number of rotatable bonds is 5. The van der Waals surface area contributed by atoms with Crippen molar-refractivity contribution >= 4 is 43.4 Å². The van der Waals surface area contributed by atoms with E-state index < -0.39 is 0 Å². The SMILES string of the molecule is CCOCCn1c(=NC(=O)c2cc(C)n(C)n2)sc2cc(Br)ccc21. The second kappa shape index (κ2) is 7.63. The highest BCUT2D eigenvalue weighted by atomic mass is 79.9. The van der Waals surface area contributed by atoms with E-state index in [1.807, 2.05) is 43.7 Å². The van der Waals surface area contributed by atoms with Gasteiger partial charge in [-0.2, -0.15) is 10.1 Å². The molecule has 2 heterocycles. The van der Waals surface area contributed by atoms with Gasteiger partial charge in [-0.05, 0) is 38.1 Å². The van der Waals surface area contributed by atoms with Crippen molar-refractivity contribution in [1.82, 2.24) is 14.3 Å². The standard InChI is InChI=1S/C17H19BrN4O2S/c1-4-24-8-7-22-14-6-5-12(18)10-15(14)25-17(22)19-16(23)13-9-11(2)21(3)20-13/h5-6,9-10H,4,7-8H2,1-3H3. The molecule has 0 saturated heterocycles. The summed E-state index contributed by atoms with van der Waals surface area (Å²) in [5, 5.41) is 4.22. The Morgan fingerprint density at radius 3 is 2.88 bits per heavy atom. The first-order valence-corrected chi connectivity index (χ1v) is 9.57. The van der Waals surface area contributed by atoms with Crippen LogP contribution in [0.1, 0.15) is 23.1 Å². The molecule has 0 atom stereocenters. The molecule has 0 aliphatic carbocycles. The fourth-order valence-electron chi connectivity index (χ4n) is 2.46. The molecule has 0 N–H and O–H groups in total. The highest BCUT2D eigenvalue weighted by Gasteiger charge is 2.12. The number of carbonyl (C=O) groups excluding carboxylic acids is 1. The molecule has 3 aromatic rings. The Balaban J connectivity index is 2.06. The Hall–Kier alpha value is -1.77. The maximum Gasteiger partial charge on any atom is 0.300 e. The smallest absolute Gasteiger partial charge is 0.300 e. The third kappa shape index (κ3) is 3.91. The van der Waals surface area contributed by atoms with Gasteiger partial charge >= 0.3 is 0 Å². The monoisotopic (exact) mass is 422 g/mol. The third-order valence-corrected chi connectivity index (χ3v) is 5.37. The molecule has 6 nitrogen and oxygen atoms in total. The predicted octanol–water partition coefficient (Wildman–Crippen LogP) is 3.28. The lowest BCUT2D eigenvalue weighted by molar-refractivity contribution is 0.0991. The van der Waals surface area contributed by atoms with Crippen LogP contribution in [0, 0.1) is 6.92 Å². The number of ether oxygens (including phenoxy) is 1. The zero-order chi connectivity index (χ0) is 18.0. The Morgan fingerprint density at radius 2 is 2.20 bits per heavy atom. The van der Waals surface area contributed by atoms with Gasteiger partial charge in [0.05, 0.1) is 16.8 Å². The molecule has 2 aromatic heterocycles. The summed E-state index contributed by atoms with van der Waals surface area (Å²) in [6.45, 7) is 5.74. The topological polar surface area (TPSA) is 61.4 Å². The number of halogens is 1. The lowest BCUT2D eigenvalue weighted by Gasteiger charge is -2.05. The van der Waals surface area contributed by atoms with Gasteiger partial charge in [-0.15, -0.1) is 0 Å². The third-order valence-electron chi connectivity index (χ3n) is 3.84. The van der Waals surface area contributed by atoms with Gasteiger partial charge in [0.1, 0.15) is 0 Å². The summed E-state index contributed by atoms with van der Waals surface area (Å²) in [4.78, 5) is 17.5. The van der Waals surface area contributed by atoms with Gasteiger partial charge in [-0.1, -0.05) is 27.3 Å². The van der Waals surface area contributed by atoms with E-state index in [1.165, 1.54) is 11.3 Å². The molecule has 132 valence electrons. The Bertz CT molecular complexity index is 967. The first kappa shape index (κ1) is 18.0. The molecule has 25 heavy (non-hydrogen) atoms. The number of carbonyl (C=O) groups is 1. The van der Waals surface area contributed by atoms with Gasteiger partial charge in [0.2, 0.25) is 0 Å². The molecule has 0 aliphatic heterocycles. The van der Waals surface area contributed by atoms with Gasteiger partial charge in [-0.25, -0.2) is 0 Å². The molecule has 0 saturated carbocycles. The summed E-state index contributed by atoms with van der Waals surface area (Å²) in [5.74, 6) is -0.334. The van der Waals surface area contributed by atoms with Crippen LogP contribution in [-0.4, -0.2) is 33.5 Å². The highest BCUT2D eigenvalue weighted by Crippen LogP contribution is 2.22. The van der Waals surface area contributed by atoms with Crippen molar-refractivity contribution in [2.45, 2.75) is 20.4 Å². The fraction of sp³-hybridized carbons (Fsp3) is 0.353. The van der Waals surface area contributed by atoms with E-state index in [-0.39, 0.29) is 5.91 Å². The van der Waals surface area contributed by atoms with Crippen LogP contribution >= 0.6 is 27.3 Å². The van der Waals surface area contributed by atoms with Crippen molar-refractivity contribution in [3.63, 3.8) is 0 Å². The first-order valence-electron chi connectivity index (χ1n) is 7.96. The van der Waals surface area contributed by atoms with E-state index in [4.69, 9.17) is 4.74 Å². The molecule has 0 fully saturated rings. The minimum atomic E-state index is -0.334. The Kier molecular flexibility index (Phi) is 5.51. The second-order valence-electron chi connectivity index (χ2n) is 5.56. The van der Waals surface area contributed by atoms with Crippen LogP contribution in [0.15, 0.2) is 33.7 Å². The zero-order valence-corrected chi connectivity index (χ0v) is 16.7. The Morgan fingerprint density at radius 1 is 1.40 bits per heavy atom. The van der Waals surface area contributed by atoms with Crippen molar-refractivity contribution in [3.05, 3.63) is 44.9 Å². The minimum Gasteiger partial charge on any atom is -0.380 e. The lowest BCUT2D eigenvalue weighted by atomic mass is 10.3. The number of hydrogen-bond donors (Lipinski definition) is 0. The van der Waals surface area contributed by atoms with Crippen LogP contribution in [0.5, 0.6) is 0 Å². The molecule has 0 aliphatic rings. The number of hydrogen-bond acceptors (Lipinski definition) is 4. The van der Waals surface area contributed by atoms with E-state index in [0.29, 0.717) is 30.3 Å². The van der Waals surface area contributed by atoms with E-state index in [1.54, 1.807) is 10.7 Å². The summed E-state index contributed by atoms with van der Waals surface area (Å²) < 4.78 is 11.2. The summed E-state index contributed by atoms with van der Waals surface area (Å²) >= 11 is 4.98. The molecule has 1 amide bonds. The van der Waals surface area contributed by atoms with E-state index in [0.717, 1.165) is 20.4 Å². The maximum absolute atomic E-state index is 12.5. The first-order chi connectivity index (χ1) is 12.0. The van der Waals surface area contributed by atoms with Gasteiger partial charge in [-0.3, -0.25) is 9.48 Å². The summed E-state index contributed by atoms with van der Waals surface area (Å²) in [6, 6.07) is 7.79. The summed E-state index contributed by atoms with van der Waals surface area (Å²) in [6.07, 6.45) is 0. The number of amides is 1. The molecule has 1 aromatic carbocycles. The predicted molar refractivity (Wildman–Crippen MR) is 102 cm³/mol. The van der Waals surface area contributed by atoms with Crippen LogP contribution in [-0.2, 0) is 18.3 Å². The largest absolute Gasteiger partial charge is 0.380 e. The quantitative estimate of drug-likeness (QED) is 0.592. The molecule has 0 unspecified atom stereocenters. The summed E-state index contributed by atoms with van der Waals surface area (Å²) in [7, 11) is 1.81. The molecular formula is C17H19BrN4O2S. The van der Waals surface area contributed by atoms with Gasteiger partial charge in [0.25, 0.3) is 5.91 Å². The van der Waals surface area contributed by atoms with Crippen LogP contribution in [0.4, 0.5) is 0 Å². The van der Waals surface area contributed by atoms with Gasteiger partial charge in [0.15, 0.2) is 10.5 Å². The number of aryl methyl sites for hydroxylation is 2. The van der Waals surface area contributed by atoms with Crippen molar-refractivity contribution in [2.75, 3.05) is 13.2 Å². The highest BCUT2D eigenvalue weighted by molar-refractivity contribution is 9.10. The Labute approximate surface area is 157 Å². The minimum absolute atomic E-state index is 0.334. The molecular weight excluding hydrogens is 404 g/mol. The molecule has 3 rings (SSSR count). The van der Waals surface area contributed by atoms with Crippen LogP contribution in [0.25, 0.3) is 10.2 Å². The molecule has 0 radical (unpaired) electrons. The number of benzene rings is 1. The lowest BCUT2D eigenvalue weighted by Crippen LogP contribution is -2.20. The number of thiazole rings is 1. The van der Waals surface area contributed by atoms with E-state index in [2.05, 4.69) is 26.0 Å². The fourth-order valence-corrected chi connectivity index (χ4v) is 4.06. The van der Waals surface area contributed by atoms with Crippen LogP contribution < -0.4 is 4.80 Å². The normalized spacial score (nSPS) is 12.2. The van der Waals surface area contributed by atoms with Gasteiger partial charge < -0.3 is 9.30 Å². The average molecular weight is 423 g/mol.